The lowest BCUT2D eigenvalue weighted by Crippen LogP contribution is -2.45. The van der Waals surface area contributed by atoms with E-state index in [1.54, 1.807) is 16.7 Å². The maximum absolute atomic E-state index is 11.7. The van der Waals surface area contributed by atoms with Crippen LogP contribution in [-0.2, 0) is 14.3 Å². The monoisotopic (exact) mass is 229 g/mol. The molecule has 0 N–H and O–H groups in total. The highest BCUT2D eigenvalue weighted by Crippen LogP contribution is 2.30. The van der Waals surface area contributed by atoms with Gasteiger partial charge >= 0.3 is 5.97 Å². The highest BCUT2D eigenvalue weighted by Gasteiger charge is 2.45. The first kappa shape index (κ1) is 10.8. The Morgan fingerprint density at radius 3 is 3.07 bits per heavy atom. The van der Waals surface area contributed by atoms with E-state index in [2.05, 4.69) is 0 Å². The van der Waals surface area contributed by atoms with E-state index in [4.69, 9.17) is 4.74 Å². The summed E-state index contributed by atoms with van der Waals surface area (Å²) in [5, 5.41) is 0. The Kier molecular flexibility index (Phi) is 3.19. The summed E-state index contributed by atoms with van der Waals surface area (Å²) in [7, 11) is 0. The SMILES string of the molecule is CSCCC1C(=O)O[C@H]2CCCC(=O)N12. The van der Waals surface area contributed by atoms with E-state index in [9.17, 15) is 9.59 Å². The highest BCUT2D eigenvalue weighted by atomic mass is 32.2. The summed E-state index contributed by atoms with van der Waals surface area (Å²) in [5.41, 5.74) is 0. The van der Waals surface area contributed by atoms with Crippen molar-refractivity contribution in [3.05, 3.63) is 0 Å². The molecule has 2 aliphatic heterocycles. The van der Waals surface area contributed by atoms with Crippen molar-refractivity contribution in [3.63, 3.8) is 0 Å². The molecule has 4 nitrogen and oxygen atoms in total. The average molecular weight is 229 g/mol. The van der Waals surface area contributed by atoms with Gasteiger partial charge in [-0.2, -0.15) is 11.8 Å². The summed E-state index contributed by atoms with van der Waals surface area (Å²) < 4.78 is 5.20. The van der Waals surface area contributed by atoms with E-state index >= 15 is 0 Å². The smallest absolute Gasteiger partial charge is 0.330 e. The maximum atomic E-state index is 11.7. The topological polar surface area (TPSA) is 46.6 Å². The first-order valence-electron chi connectivity index (χ1n) is 5.24. The van der Waals surface area contributed by atoms with Crippen LogP contribution in [0.25, 0.3) is 0 Å². The van der Waals surface area contributed by atoms with Gasteiger partial charge in [-0.25, -0.2) is 4.79 Å². The number of amides is 1. The Hall–Kier alpha value is -0.710. The molecule has 2 atom stereocenters. The summed E-state index contributed by atoms with van der Waals surface area (Å²) in [6, 6.07) is -0.324. The second kappa shape index (κ2) is 4.43. The van der Waals surface area contributed by atoms with E-state index in [-0.39, 0.29) is 24.1 Å². The quantitative estimate of drug-likeness (QED) is 0.677. The standard InChI is InChI=1S/C10H15NO3S/c1-15-6-5-7-10(13)14-9-4-2-3-8(12)11(7)9/h7,9H,2-6H2,1H3/t7?,9-/m0/s1. The Bertz CT molecular complexity index is 282. The molecule has 0 radical (unpaired) electrons. The van der Waals surface area contributed by atoms with Crippen molar-refractivity contribution in [3.8, 4) is 0 Å². The lowest BCUT2D eigenvalue weighted by Gasteiger charge is -2.29. The van der Waals surface area contributed by atoms with Crippen molar-refractivity contribution in [2.45, 2.75) is 38.0 Å². The minimum atomic E-state index is -0.324. The molecule has 15 heavy (non-hydrogen) atoms. The number of hydrogen-bond acceptors (Lipinski definition) is 4. The van der Waals surface area contributed by atoms with Gasteiger partial charge in [-0.05, 0) is 24.9 Å². The van der Waals surface area contributed by atoms with Crippen molar-refractivity contribution in [2.24, 2.45) is 0 Å². The van der Waals surface area contributed by atoms with Crippen LogP contribution in [0.4, 0.5) is 0 Å². The number of esters is 1. The molecule has 2 heterocycles. The number of thioether (sulfide) groups is 1. The maximum Gasteiger partial charge on any atom is 0.330 e. The van der Waals surface area contributed by atoms with Crippen molar-refractivity contribution in [1.82, 2.24) is 4.90 Å². The van der Waals surface area contributed by atoms with Gasteiger partial charge in [0, 0.05) is 12.8 Å². The van der Waals surface area contributed by atoms with Gasteiger partial charge in [-0.15, -0.1) is 0 Å². The molecule has 0 aromatic carbocycles. The Morgan fingerprint density at radius 2 is 2.33 bits per heavy atom. The Balaban J connectivity index is 2.08. The molecule has 0 aromatic heterocycles. The molecule has 0 aliphatic carbocycles. The van der Waals surface area contributed by atoms with Crippen molar-refractivity contribution in [2.75, 3.05) is 12.0 Å². The number of carbonyl (C=O) groups excluding carboxylic acids is 2. The van der Waals surface area contributed by atoms with E-state index in [1.165, 1.54) is 0 Å². The molecule has 2 aliphatic rings. The van der Waals surface area contributed by atoms with Gasteiger partial charge in [0.25, 0.3) is 0 Å². The molecule has 0 bridgehead atoms. The number of piperidine rings is 1. The van der Waals surface area contributed by atoms with Gasteiger partial charge < -0.3 is 4.74 Å². The number of carbonyl (C=O) groups is 2. The zero-order chi connectivity index (χ0) is 10.8. The van der Waals surface area contributed by atoms with Gasteiger partial charge in [-0.3, -0.25) is 9.69 Å². The van der Waals surface area contributed by atoms with Crippen LogP contribution < -0.4 is 0 Å². The largest absolute Gasteiger partial charge is 0.440 e. The fraction of sp³-hybridized carbons (Fsp3) is 0.800. The zero-order valence-electron chi connectivity index (χ0n) is 8.77. The van der Waals surface area contributed by atoms with Crippen molar-refractivity contribution in [1.29, 1.82) is 0 Å². The van der Waals surface area contributed by atoms with Gasteiger partial charge in [-0.1, -0.05) is 0 Å². The average Bonchev–Trinajstić information content (AvgIpc) is 2.53. The summed E-state index contributed by atoms with van der Waals surface area (Å²) in [4.78, 5) is 24.9. The van der Waals surface area contributed by atoms with Crippen LogP contribution in [0, 0.1) is 0 Å². The van der Waals surface area contributed by atoms with Crippen LogP contribution in [0.2, 0.25) is 0 Å². The minimum absolute atomic E-state index is 0.0724. The molecule has 1 amide bonds. The first-order valence-corrected chi connectivity index (χ1v) is 6.64. The number of ether oxygens (including phenoxy) is 1. The molecular weight excluding hydrogens is 214 g/mol. The van der Waals surface area contributed by atoms with Crippen LogP contribution >= 0.6 is 11.8 Å². The first-order chi connectivity index (χ1) is 7.24. The molecule has 2 fully saturated rings. The predicted octanol–water partition coefficient (Wildman–Crippen LogP) is 1.00. The Morgan fingerprint density at radius 1 is 1.53 bits per heavy atom. The zero-order valence-corrected chi connectivity index (χ0v) is 9.59. The molecule has 84 valence electrons. The van der Waals surface area contributed by atoms with Crippen molar-refractivity contribution < 1.29 is 14.3 Å². The number of hydrogen-bond donors (Lipinski definition) is 0. The fourth-order valence-electron chi connectivity index (χ4n) is 2.16. The van der Waals surface area contributed by atoms with Crippen LogP contribution in [0.5, 0.6) is 0 Å². The summed E-state index contributed by atoms with van der Waals surface area (Å²) in [6.45, 7) is 0. The summed E-state index contributed by atoms with van der Waals surface area (Å²) in [5.74, 6) is 0.739. The van der Waals surface area contributed by atoms with E-state index < -0.39 is 0 Å². The Labute approximate surface area is 93.3 Å². The molecule has 2 rings (SSSR count). The number of nitrogens with zero attached hydrogens (tertiary/aromatic N) is 1. The van der Waals surface area contributed by atoms with Gasteiger partial charge in [0.1, 0.15) is 6.04 Å². The van der Waals surface area contributed by atoms with Crippen LogP contribution in [-0.4, -0.2) is 41.1 Å². The van der Waals surface area contributed by atoms with E-state index in [0.717, 1.165) is 18.6 Å². The van der Waals surface area contributed by atoms with Crippen LogP contribution in [0.1, 0.15) is 25.7 Å². The molecular formula is C10H15NO3S. The van der Waals surface area contributed by atoms with Crippen molar-refractivity contribution >= 4 is 23.6 Å². The van der Waals surface area contributed by atoms with Gasteiger partial charge in [0.15, 0.2) is 6.23 Å². The second-order valence-electron chi connectivity index (χ2n) is 3.88. The third kappa shape index (κ3) is 1.97. The lowest BCUT2D eigenvalue weighted by atomic mass is 10.1. The minimum Gasteiger partial charge on any atom is -0.440 e. The molecule has 2 saturated heterocycles. The van der Waals surface area contributed by atoms with E-state index in [0.29, 0.717) is 12.8 Å². The predicted molar refractivity (Wildman–Crippen MR) is 57.4 cm³/mol. The number of rotatable bonds is 3. The summed E-state index contributed by atoms with van der Waals surface area (Å²) >= 11 is 1.69. The van der Waals surface area contributed by atoms with E-state index in [1.807, 2.05) is 6.26 Å². The molecule has 0 saturated carbocycles. The van der Waals surface area contributed by atoms with Gasteiger partial charge in [0.05, 0.1) is 0 Å². The highest BCUT2D eigenvalue weighted by molar-refractivity contribution is 7.98. The molecule has 1 unspecified atom stereocenters. The van der Waals surface area contributed by atoms with Crippen LogP contribution in [0.15, 0.2) is 0 Å². The molecule has 0 spiro atoms. The normalized spacial score (nSPS) is 30.3. The summed E-state index contributed by atoms with van der Waals surface area (Å²) in [6.07, 6.45) is 4.63. The third-order valence-electron chi connectivity index (χ3n) is 2.90. The molecule has 5 heteroatoms. The van der Waals surface area contributed by atoms with Gasteiger partial charge in [0.2, 0.25) is 5.91 Å². The number of fused-ring (bicyclic) bond motifs is 1. The lowest BCUT2D eigenvalue weighted by molar-refractivity contribution is -0.146. The fourth-order valence-corrected chi connectivity index (χ4v) is 2.62. The third-order valence-corrected chi connectivity index (χ3v) is 3.54. The second-order valence-corrected chi connectivity index (χ2v) is 4.87. The molecule has 0 aromatic rings. The van der Waals surface area contributed by atoms with Crippen LogP contribution in [0.3, 0.4) is 0 Å².